The first kappa shape index (κ1) is 23.9. The average molecular weight is 513 g/mol. The van der Waals surface area contributed by atoms with Crippen LogP contribution in [0.2, 0.25) is 0 Å². The van der Waals surface area contributed by atoms with Gasteiger partial charge in [-0.25, -0.2) is 0 Å². The Morgan fingerprint density at radius 3 is 2.55 bits per heavy atom. The molecule has 1 amide bonds. The smallest absolute Gasteiger partial charge is 0.253 e. The molecule has 2 N–H and O–H groups in total. The van der Waals surface area contributed by atoms with Crippen LogP contribution in [0.25, 0.3) is 0 Å². The third-order valence-corrected chi connectivity index (χ3v) is 6.19. The molecular formula is C22H36IN5O. The number of piperidine rings is 2. The Hall–Kier alpha value is -1.35. The maximum absolute atomic E-state index is 12.1. The molecule has 6 nitrogen and oxygen atoms in total. The van der Waals surface area contributed by atoms with Crippen molar-refractivity contribution in [1.82, 2.24) is 20.4 Å². The van der Waals surface area contributed by atoms with Gasteiger partial charge in [-0.05, 0) is 56.8 Å². The lowest BCUT2D eigenvalue weighted by Crippen LogP contribution is -2.56. The summed E-state index contributed by atoms with van der Waals surface area (Å²) in [5, 5.41) is 7.08. The first-order chi connectivity index (χ1) is 13.5. The molecule has 2 aliphatic rings. The molecule has 2 heterocycles. The molecule has 0 spiro atoms. The van der Waals surface area contributed by atoms with E-state index in [2.05, 4.69) is 33.6 Å². The molecule has 0 aromatic heterocycles. The number of nitrogens with one attached hydrogen (secondary N) is 2. The van der Waals surface area contributed by atoms with Gasteiger partial charge >= 0.3 is 0 Å². The summed E-state index contributed by atoms with van der Waals surface area (Å²) in [5.74, 6) is 0.924. The van der Waals surface area contributed by atoms with Crippen molar-refractivity contribution in [2.75, 3.05) is 34.7 Å². The molecule has 2 unspecified atom stereocenters. The third kappa shape index (κ3) is 6.31. The molecule has 1 aromatic carbocycles. The van der Waals surface area contributed by atoms with Crippen molar-refractivity contribution in [2.24, 2.45) is 4.99 Å². The molecular weight excluding hydrogens is 477 g/mol. The van der Waals surface area contributed by atoms with E-state index in [-0.39, 0.29) is 29.9 Å². The van der Waals surface area contributed by atoms with Crippen LogP contribution in [0.4, 0.5) is 0 Å². The van der Waals surface area contributed by atoms with Crippen molar-refractivity contribution >= 4 is 35.8 Å². The summed E-state index contributed by atoms with van der Waals surface area (Å²) in [7, 11) is 7.68. The summed E-state index contributed by atoms with van der Waals surface area (Å²) in [6, 6.07) is 9.80. The molecule has 0 aliphatic carbocycles. The number of guanidine groups is 1. The van der Waals surface area contributed by atoms with E-state index in [0.29, 0.717) is 18.1 Å². The Morgan fingerprint density at radius 2 is 1.93 bits per heavy atom. The van der Waals surface area contributed by atoms with Crippen LogP contribution in [-0.2, 0) is 6.42 Å². The van der Waals surface area contributed by atoms with Gasteiger partial charge in [0.15, 0.2) is 5.96 Å². The van der Waals surface area contributed by atoms with Crippen LogP contribution in [0, 0.1) is 0 Å². The van der Waals surface area contributed by atoms with E-state index in [1.165, 1.54) is 32.1 Å². The van der Waals surface area contributed by atoms with Crippen LogP contribution < -0.4 is 10.6 Å². The number of benzene rings is 1. The minimum atomic E-state index is 0. The zero-order chi connectivity index (χ0) is 20.1. The molecule has 2 atom stereocenters. The number of halogens is 1. The van der Waals surface area contributed by atoms with E-state index in [9.17, 15) is 4.79 Å². The topological polar surface area (TPSA) is 60.0 Å². The molecule has 0 radical (unpaired) electrons. The SMILES string of the molecule is CN=C(NCCc1cccc(C(=O)N(C)C)c1)NC1CC2CCCC(C1)N2C.I. The summed E-state index contributed by atoms with van der Waals surface area (Å²) >= 11 is 0. The first-order valence-electron chi connectivity index (χ1n) is 10.5. The number of carbonyl (C=O) groups excluding carboxylic acids is 1. The van der Waals surface area contributed by atoms with E-state index in [1.807, 2.05) is 25.2 Å². The van der Waals surface area contributed by atoms with Gasteiger partial charge in [0.05, 0.1) is 0 Å². The van der Waals surface area contributed by atoms with Crippen molar-refractivity contribution in [3.05, 3.63) is 35.4 Å². The lowest BCUT2D eigenvalue weighted by atomic mass is 9.82. The highest BCUT2D eigenvalue weighted by atomic mass is 127. The fourth-order valence-electron chi connectivity index (χ4n) is 4.56. The van der Waals surface area contributed by atoms with Gasteiger partial charge < -0.3 is 20.4 Å². The highest BCUT2D eigenvalue weighted by molar-refractivity contribution is 14.0. The normalized spacial score (nSPS) is 24.4. The fraction of sp³-hybridized carbons (Fsp3) is 0.636. The second-order valence-electron chi connectivity index (χ2n) is 8.37. The predicted octanol–water partition coefficient (Wildman–Crippen LogP) is 2.73. The Kier molecular flexibility index (Phi) is 9.20. The lowest BCUT2D eigenvalue weighted by molar-refractivity contribution is 0.0526. The van der Waals surface area contributed by atoms with Gasteiger partial charge in [-0.1, -0.05) is 18.6 Å². The highest BCUT2D eigenvalue weighted by Crippen LogP contribution is 2.32. The fourth-order valence-corrected chi connectivity index (χ4v) is 4.56. The zero-order valence-electron chi connectivity index (χ0n) is 18.1. The summed E-state index contributed by atoms with van der Waals surface area (Å²) in [4.78, 5) is 20.7. The Morgan fingerprint density at radius 1 is 1.24 bits per heavy atom. The minimum Gasteiger partial charge on any atom is -0.356 e. The van der Waals surface area contributed by atoms with E-state index in [1.54, 1.807) is 19.0 Å². The molecule has 2 bridgehead atoms. The van der Waals surface area contributed by atoms with Crippen molar-refractivity contribution in [3.63, 3.8) is 0 Å². The lowest BCUT2D eigenvalue weighted by Gasteiger charge is -2.47. The van der Waals surface area contributed by atoms with Gasteiger partial charge in [-0.3, -0.25) is 9.79 Å². The van der Waals surface area contributed by atoms with Gasteiger partial charge in [0.2, 0.25) is 0 Å². The summed E-state index contributed by atoms with van der Waals surface area (Å²) in [6.45, 7) is 0.790. The number of amides is 1. The number of carbonyl (C=O) groups is 1. The number of aliphatic imine (C=N–C) groups is 1. The molecule has 29 heavy (non-hydrogen) atoms. The number of hydrogen-bond donors (Lipinski definition) is 2. The van der Waals surface area contributed by atoms with Crippen molar-refractivity contribution < 1.29 is 4.79 Å². The van der Waals surface area contributed by atoms with E-state index in [4.69, 9.17) is 0 Å². The van der Waals surface area contributed by atoms with Gasteiger partial charge in [0.1, 0.15) is 0 Å². The number of hydrogen-bond acceptors (Lipinski definition) is 3. The van der Waals surface area contributed by atoms with Crippen molar-refractivity contribution in [1.29, 1.82) is 0 Å². The quantitative estimate of drug-likeness (QED) is 0.361. The maximum Gasteiger partial charge on any atom is 0.253 e. The van der Waals surface area contributed by atoms with E-state index in [0.717, 1.165) is 30.1 Å². The second kappa shape index (κ2) is 11.2. The van der Waals surface area contributed by atoms with Crippen LogP contribution in [-0.4, -0.2) is 74.5 Å². The first-order valence-corrected chi connectivity index (χ1v) is 10.5. The average Bonchev–Trinajstić information content (AvgIpc) is 2.67. The minimum absolute atomic E-state index is 0. The number of nitrogens with zero attached hydrogens (tertiary/aromatic N) is 3. The standard InChI is InChI=1S/C22H35N5O.HI/c1-23-22(25-18-14-19-9-6-10-20(15-18)27(19)4)24-12-11-16-7-5-8-17(13-16)21(28)26(2)3;/h5,7-8,13,18-20H,6,9-12,14-15H2,1-4H3,(H2,23,24,25);1H. The molecule has 2 aliphatic heterocycles. The van der Waals surface area contributed by atoms with Crippen LogP contribution >= 0.6 is 24.0 Å². The predicted molar refractivity (Wildman–Crippen MR) is 130 cm³/mol. The molecule has 7 heteroatoms. The highest BCUT2D eigenvalue weighted by Gasteiger charge is 2.36. The largest absolute Gasteiger partial charge is 0.356 e. The Bertz CT molecular complexity index is 694. The van der Waals surface area contributed by atoms with Gasteiger partial charge in [0.25, 0.3) is 5.91 Å². The third-order valence-electron chi connectivity index (χ3n) is 6.19. The van der Waals surface area contributed by atoms with Gasteiger partial charge in [-0.15, -0.1) is 24.0 Å². The molecule has 0 saturated carbocycles. The van der Waals surface area contributed by atoms with Crippen LogP contribution in [0.5, 0.6) is 0 Å². The summed E-state index contributed by atoms with van der Waals surface area (Å²) in [5.41, 5.74) is 1.90. The van der Waals surface area contributed by atoms with Gasteiger partial charge in [-0.2, -0.15) is 0 Å². The second-order valence-corrected chi connectivity index (χ2v) is 8.37. The summed E-state index contributed by atoms with van der Waals surface area (Å²) < 4.78 is 0. The van der Waals surface area contributed by atoms with Crippen LogP contribution in [0.3, 0.4) is 0 Å². The van der Waals surface area contributed by atoms with E-state index >= 15 is 0 Å². The Labute approximate surface area is 192 Å². The van der Waals surface area contributed by atoms with Crippen LogP contribution in [0.15, 0.2) is 29.3 Å². The van der Waals surface area contributed by atoms with Crippen molar-refractivity contribution in [2.45, 2.75) is 56.7 Å². The zero-order valence-corrected chi connectivity index (χ0v) is 20.5. The van der Waals surface area contributed by atoms with E-state index < -0.39 is 0 Å². The van der Waals surface area contributed by atoms with Crippen molar-refractivity contribution in [3.8, 4) is 0 Å². The molecule has 2 fully saturated rings. The van der Waals surface area contributed by atoms with Gasteiger partial charge in [0, 0.05) is 51.4 Å². The number of fused-ring (bicyclic) bond motifs is 2. The Balaban J connectivity index is 0.00000300. The summed E-state index contributed by atoms with van der Waals surface area (Å²) in [6.07, 6.45) is 7.26. The van der Waals surface area contributed by atoms with Crippen LogP contribution in [0.1, 0.15) is 48.0 Å². The molecule has 2 saturated heterocycles. The monoisotopic (exact) mass is 513 g/mol. The maximum atomic E-state index is 12.1. The molecule has 162 valence electrons. The molecule has 1 aromatic rings. The number of rotatable bonds is 5. The molecule has 3 rings (SSSR count).